The Bertz CT molecular complexity index is 631. The minimum Gasteiger partial charge on any atom is -0.469 e. The van der Waals surface area contributed by atoms with E-state index in [1.165, 1.54) is 0 Å². The number of rotatable bonds is 4. The SMILES string of the molecule is Cc1occc1C(=O)N1CCCCC[C@@H]1C[C@H](O)c1ccco1. The fourth-order valence-corrected chi connectivity index (χ4v) is 3.31. The maximum Gasteiger partial charge on any atom is 0.257 e. The van der Waals surface area contributed by atoms with Crippen molar-refractivity contribution in [2.45, 2.75) is 51.2 Å². The van der Waals surface area contributed by atoms with E-state index >= 15 is 0 Å². The molecule has 0 saturated carbocycles. The van der Waals surface area contributed by atoms with Gasteiger partial charge in [-0.2, -0.15) is 0 Å². The first-order valence-electron chi connectivity index (χ1n) is 8.23. The lowest BCUT2D eigenvalue weighted by Gasteiger charge is -2.31. The van der Waals surface area contributed by atoms with Crippen molar-refractivity contribution in [1.29, 1.82) is 0 Å². The lowest BCUT2D eigenvalue weighted by atomic mass is 10.0. The number of hydrogen-bond donors (Lipinski definition) is 1. The molecule has 5 heteroatoms. The zero-order chi connectivity index (χ0) is 16.2. The molecule has 3 heterocycles. The monoisotopic (exact) mass is 317 g/mol. The van der Waals surface area contributed by atoms with E-state index in [9.17, 15) is 9.90 Å². The Labute approximate surface area is 135 Å². The molecule has 0 radical (unpaired) electrons. The van der Waals surface area contributed by atoms with Gasteiger partial charge in [0, 0.05) is 19.0 Å². The van der Waals surface area contributed by atoms with E-state index in [4.69, 9.17) is 8.83 Å². The quantitative estimate of drug-likeness (QED) is 0.934. The van der Waals surface area contributed by atoms with Crippen LogP contribution in [0.5, 0.6) is 0 Å². The van der Waals surface area contributed by atoms with Gasteiger partial charge in [-0.25, -0.2) is 0 Å². The molecule has 1 amide bonds. The molecule has 1 aliphatic rings. The van der Waals surface area contributed by atoms with E-state index in [1.54, 1.807) is 37.6 Å². The molecule has 23 heavy (non-hydrogen) atoms. The second-order valence-electron chi connectivity index (χ2n) is 6.16. The van der Waals surface area contributed by atoms with Crippen LogP contribution in [-0.4, -0.2) is 28.5 Å². The first kappa shape index (κ1) is 15.9. The van der Waals surface area contributed by atoms with Crippen LogP contribution >= 0.6 is 0 Å². The number of carbonyl (C=O) groups excluding carboxylic acids is 1. The van der Waals surface area contributed by atoms with Gasteiger partial charge in [0.2, 0.25) is 0 Å². The van der Waals surface area contributed by atoms with Crippen LogP contribution in [0.3, 0.4) is 0 Å². The highest BCUT2D eigenvalue weighted by atomic mass is 16.4. The third kappa shape index (κ3) is 3.50. The van der Waals surface area contributed by atoms with Gasteiger partial charge < -0.3 is 18.8 Å². The van der Waals surface area contributed by atoms with Gasteiger partial charge in [-0.05, 0) is 38.0 Å². The number of aliphatic hydroxyl groups is 1. The second kappa shape index (κ2) is 7.04. The molecule has 0 aromatic carbocycles. The summed E-state index contributed by atoms with van der Waals surface area (Å²) in [6.07, 6.45) is 7.00. The highest BCUT2D eigenvalue weighted by Crippen LogP contribution is 2.28. The van der Waals surface area contributed by atoms with E-state index in [1.807, 2.05) is 4.90 Å². The molecule has 0 spiro atoms. The Morgan fingerprint density at radius 2 is 2.17 bits per heavy atom. The largest absolute Gasteiger partial charge is 0.469 e. The molecule has 2 aromatic rings. The van der Waals surface area contributed by atoms with Crippen molar-refractivity contribution in [3.63, 3.8) is 0 Å². The van der Waals surface area contributed by atoms with Crippen LogP contribution in [0.15, 0.2) is 39.6 Å². The van der Waals surface area contributed by atoms with E-state index in [2.05, 4.69) is 0 Å². The summed E-state index contributed by atoms with van der Waals surface area (Å²) in [7, 11) is 0. The number of nitrogens with zero attached hydrogens (tertiary/aromatic N) is 1. The van der Waals surface area contributed by atoms with E-state index in [0.29, 0.717) is 23.5 Å². The third-order valence-electron chi connectivity index (χ3n) is 4.59. The summed E-state index contributed by atoms with van der Waals surface area (Å²) < 4.78 is 10.6. The topological polar surface area (TPSA) is 66.8 Å². The van der Waals surface area contributed by atoms with Gasteiger partial charge >= 0.3 is 0 Å². The van der Waals surface area contributed by atoms with Crippen LogP contribution in [0, 0.1) is 6.92 Å². The van der Waals surface area contributed by atoms with Crippen LogP contribution in [0.25, 0.3) is 0 Å². The molecule has 2 atom stereocenters. The predicted octanol–water partition coefficient (Wildman–Crippen LogP) is 3.69. The van der Waals surface area contributed by atoms with Gasteiger partial charge in [0.1, 0.15) is 17.6 Å². The first-order valence-corrected chi connectivity index (χ1v) is 8.23. The molecule has 1 fully saturated rings. The average molecular weight is 317 g/mol. The molecule has 1 N–H and O–H groups in total. The van der Waals surface area contributed by atoms with Crippen LogP contribution in [0.1, 0.15) is 60.1 Å². The average Bonchev–Trinajstić information content (AvgIpc) is 3.16. The van der Waals surface area contributed by atoms with Crippen molar-refractivity contribution in [1.82, 2.24) is 4.90 Å². The lowest BCUT2D eigenvalue weighted by Crippen LogP contribution is -2.41. The minimum atomic E-state index is -0.686. The molecule has 124 valence electrons. The molecule has 3 rings (SSSR count). The molecule has 0 unspecified atom stereocenters. The summed E-state index contributed by atoms with van der Waals surface area (Å²) in [5.41, 5.74) is 0.615. The second-order valence-corrected chi connectivity index (χ2v) is 6.16. The number of aliphatic hydroxyl groups excluding tert-OH is 1. The summed E-state index contributed by atoms with van der Waals surface area (Å²) >= 11 is 0. The van der Waals surface area contributed by atoms with Crippen molar-refractivity contribution >= 4 is 5.91 Å². The summed E-state index contributed by atoms with van der Waals surface area (Å²) in [5.74, 6) is 1.19. The minimum absolute atomic E-state index is 0.00482. The smallest absolute Gasteiger partial charge is 0.257 e. The molecule has 2 aromatic heterocycles. The number of hydrogen-bond acceptors (Lipinski definition) is 4. The zero-order valence-electron chi connectivity index (χ0n) is 13.4. The van der Waals surface area contributed by atoms with Crippen LogP contribution in [-0.2, 0) is 0 Å². The van der Waals surface area contributed by atoms with Gasteiger partial charge in [-0.3, -0.25) is 4.79 Å². The molecular weight excluding hydrogens is 294 g/mol. The summed E-state index contributed by atoms with van der Waals surface area (Å²) in [4.78, 5) is 14.8. The molecule has 0 aliphatic carbocycles. The highest BCUT2D eigenvalue weighted by Gasteiger charge is 2.30. The van der Waals surface area contributed by atoms with Crippen LogP contribution in [0.4, 0.5) is 0 Å². The Morgan fingerprint density at radius 1 is 1.30 bits per heavy atom. The normalized spacial score (nSPS) is 20.3. The van der Waals surface area contributed by atoms with E-state index in [-0.39, 0.29) is 11.9 Å². The number of likely N-dealkylation sites (tertiary alicyclic amines) is 1. The lowest BCUT2D eigenvalue weighted by molar-refractivity contribution is 0.0556. The van der Waals surface area contributed by atoms with Gasteiger partial charge in [-0.15, -0.1) is 0 Å². The van der Waals surface area contributed by atoms with Crippen molar-refractivity contribution in [3.05, 3.63) is 47.8 Å². The summed E-state index contributed by atoms with van der Waals surface area (Å²) in [5, 5.41) is 10.4. The maximum atomic E-state index is 12.9. The predicted molar refractivity (Wildman–Crippen MR) is 85.0 cm³/mol. The van der Waals surface area contributed by atoms with Crippen molar-refractivity contribution < 1.29 is 18.7 Å². The molecular formula is C18H23NO4. The van der Waals surface area contributed by atoms with Crippen LogP contribution < -0.4 is 0 Å². The molecule has 0 bridgehead atoms. The van der Waals surface area contributed by atoms with Gasteiger partial charge in [0.05, 0.1) is 18.1 Å². The summed E-state index contributed by atoms with van der Waals surface area (Å²) in [6, 6.07) is 5.28. The Kier molecular flexibility index (Phi) is 4.86. The molecule has 1 saturated heterocycles. The fourth-order valence-electron chi connectivity index (χ4n) is 3.31. The zero-order valence-corrected chi connectivity index (χ0v) is 13.4. The number of amides is 1. The standard InChI is InChI=1S/C18H23NO4/c1-13-15(8-11-22-13)18(21)19-9-4-2-3-6-14(19)12-16(20)17-7-5-10-23-17/h5,7-8,10-11,14,16,20H,2-4,6,9,12H2,1H3/t14-,16+/m1/s1. The first-order chi connectivity index (χ1) is 11.2. The van der Waals surface area contributed by atoms with Gasteiger partial charge in [0.25, 0.3) is 5.91 Å². The van der Waals surface area contributed by atoms with Gasteiger partial charge in [-0.1, -0.05) is 12.8 Å². The fraction of sp³-hybridized carbons (Fsp3) is 0.500. The number of aryl methyl sites for hydroxylation is 1. The Hall–Kier alpha value is -2.01. The third-order valence-corrected chi connectivity index (χ3v) is 4.59. The van der Waals surface area contributed by atoms with E-state index in [0.717, 1.165) is 32.2 Å². The highest BCUT2D eigenvalue weighted by molar-refractivity contribution is 5.95. The maximum absolute atomic E-state index is 12.9. The van der Waals surface area contributed by atoms with Gasteiger partial charge in [0.15, 0.2) is 0 Å². The Balaban J connectivity index is 1.77. The summed E-state index contributed by atoms with van der Waals surface area (Å²) in [6.45, 7) is 2.52. The van der Waals surface area contributed by atoms with Crippen molar-refractivity contribution in [3.8, 4) is 0 Å². The molecule has 5 nitrogen and oxygen atoms in total. The van der Waals surface area contributed by atoms with Crippen LogP contribution in [0.2, 0.25) is 0 Å². The van der Waals surface area contributed by atoms with E-state index < -0.39 is 6.10 Å². The molecule has 1 aliphatic heterocycles. The number of carbonyl (C=O) groups is 1. The Morgan fingerprint density at radius 3 is 2.87 bits per heavy atom. The number of furan rings is 2. The van der Waals surface area contributed by atoms with Crippen molar-refractivity contribution in [2.24, 2.45) is 0 Å². The van der Waals surface area contributed by atoms with Crippen molar-refractivity contribution in [2.75, 3.05) is 6.54 Å².